The summed E-state index contributed by atoms with van der Waals surface area (Å²) < 4.78 is 27.3. The molecule has 0 saturated carbocycles. The van der Waals surface area contributed by atoms with Gasteiger partial charge in [-0.15, -0.1) is 0 Å². The highest BCUT2D eigenvalue weighted by Crippen LogP contribution is 2.27. The number of hydrogen-bond donors (Lipinski definition) is 1. The molecule has 1 heterocycles. The Morgan fingerprint density at radius 1 is 0.968 bits per heavy atom. The second-order valence-corrected chi connectivity index (χ2v) is 10.2. The molecule has 1 unspecified atom stereocenters. The van der Waals surface area contributed by atoms with Gasteiger partial charge < -0.3 is 5.32 Å². The summed E-state index contributed by atoms with van der Waals surface area (Å²) in [7, 11) is -3.52. The van der Waals surface area contributed by atoms with E-state index in [1.54, 1.807) is 12.1 Å². The molecule has 0 aromatic heterocycles. The van der Waals surface area contributed by atoms with Crippen LogP contribution in [0, 0.1) is 12.8 Å². The normalized spacial score (nSPS) is 16.8. The molecule has 1 fully saturated rings. The van der Waals surface area contributed by atoms with Gasteiger partial charge in [-0.3, -0.25) is 4.79 Å². The van der Waals surface area contributed by atoms with Gasteiger partial charge in [0.15, 0.2) is 0 Å². The van der Waals surface area contributed by atoms with Gasteiger partial charge in [-0.1, -0.05) is 60.2 Å². The van der Waals surface area contributed by atoms with Crippen LogP contribution in [0.25, 0.3) is 10.8 Å². The van der Waals surface area contributed by atoms with E-state index in [4.69, 9.17) is 0 Å². The molecule has 0 bridgehead atoms. The van der Waals surface area contributed by atoms with E-state index in [9.17, 15) is 13.2 Å². The molecule has 1 saturated heterocycles. The van der Waals surface area contributed by atoms with Crippen molar-refractivity contribution in [2.24, 2.45) is 5.92 Å². The van der Waals surface area contributed by atoms with Gasteiger partial charge in [0, 0.05) is 19.0 Å². The molecule has 0 spiro atoms. The molecule has 162 valence electrons. The number of nitrogens with zero attached hydrogens (tertiary/aromatic N) is 1. The Bertz CT molecular complexity index is 1180. The minimum absolute atomic E-state index is 0.00665. The number of hydrogen-bond acceptors (Lipinski definition) is 3. The van der Waals surface area contributed by atoms with Crippen LogP contribution in [0.4, 0.5) is 0 Å². The lowest BCUT2D eigenvalue weighted by atomic mass is 9.95. The first-order valence-electron chi connectivity index (χ1n) is 10.7. The van der Waals surface area contributed by atoms with Crippen LogP contribution in [0.5, 0.6) is 0 Å². The van der Waals surface area contributed by atoms with Crippen LogP contribution in [-0.2, 0) is 14.8 Å². The van der Waals surface area contributed by atoms with E-state index in [0.29, 0.717) is 30.8 Å². The number of aryl methyl sites for hydroxylation is 1. The standard InChI is InChI=1S/C25H28N2O3S/c1-18-10-12-22(13-11-18)31(29,30)27-16-14-21(15-17-27)25(28)26-19(2)23-9-5-7-20-6-3-4-8-24(20)23/h3-13,19,21H,14-17H2,1-2H3,(H,26,28). The van der Waals surface area contributed by atoms with Gasteiger partial charge in [-0.25, -0.2) is 8.42 Å². The molecule has 1 N–H and O–H groups in total. The molecule has 0 radical (unpaired) electrons. The molecule has 1 atom stereocenters. The zero-order valence-electron chi connectivity index (χ0n) is 17.9. The number of carbonyl (C=O) groups is 1. The molecule has 6 heteroatoms. The summed E-state index contributed by atoms with van der Waals surface area (Å²) in [6.45, 7) is 4.64. The average molecular weight is 437 g/mol. The second-order valence-electron chi connectivity index (χ2n) is 8.29. The van der Waals surface area contributed by atoms with E-state index in [-0.39, 0.29) is 17.9 Å². The Morgan fingerprint density at radius 2 is 1.61 bits per heavy atom. The summed E-state index contributed by atoms with van der Waals surface area (Å²) in [5.41, 5.74) is 2.11. The van der Waals surface area contributed by atoms with Crippen LogP contribution in [0.1, 0.15) is 36.9 Å². The maximum atomic E-state index is 12.9. The first-order valence-corrected chi connectivity index (χ1v) is 12.1. The first kappa shape index (κ1) is 21.5. The number of sulfonamides is 1. The van der Waals surface area contributed by atoms with Gasteiger partial charge in [-0.05, 0) is 55.2 Å². The number of amides is 1. The maximum Gasteiger partial charge on any atom is 0.243 e. The van der Waals surface area contributed by atoms with Gasteiger partial charge in [0.1, 0.15) is 0 Å². The minimum Gasteiger partial charge on any atom is -0.349 e. The fourth-order valence-electron chi connectivity index (χ4n) is 4.25. The summed E-state index contributed by atoms with van der Waals surface area (Å²) in [5, 5.41) is 5.43. The highest BCUT2D eigenvalue weighted by Gasteiger charge is 2.32. The number of fused-ring (bicyclic) bond motifs is 1. The third kappa shape index (κ3) is 4.50. The van der Waals surface area contributed by atoms with Crippen LogP contribution in [-0.4, -0.2) is 31.7 Å². The molecule has 0 aliphatic carbocycles. The molecule has 4 rings (SSSR count). The summed E-state index contributed by atoms with van der Waals surface area (Å²) in [6.07, 6.45) is 1.05. The molecule has 1 aliphatic heterocycles. The van der Waals surface area contributed by atoms with Crippen LogP contribution < -0.4 is 5.32 Å². The van der Waals surface area contributed by atoms with Crippen molar-refractivity contribution >= 4 is 26.7 Å². The minimum atomic E-state index is -3.52. The van der Waals surface area contributed by atoms with Crippen LogP contribution in [0.2, 0.25) is 0 Å². The molecular formula is C25H28N2O3S. The molecule has 31 heavy (non-hydrogen) atoms. The van der Waals surface area contributed by atoms with E-state index in [2.05, 4.69) is 23.5 Å². The van der Waals surface area contributed by atoms with E-state index in [1.807, 2.05) is 50.2 Å². The number of nitrogens with one attached hydrogen (secondary N) is 1. The topological polar surface area (TPSA) is 66.5 Å². The lowest BCUT2D eigenvalue weighted by Crippen LogP contribution is -2.43. The largest absolute Gasteiger partial charge is 0.349 e. The Hall–Kier alpha value is -2.70. The Balaban J connectivity index is 1.39. The summed E-state index contributed by atoms with van der Waals surface area (Å²) in [6, 6.07) is 21.1. The molecule has 1 amide bonds. The Morgan fingerprint density at radius 3 is 2.32 bits per heavy atom. The number of piperidine rings is 1. The van der Waals surface area contributed by atoms with Crippen molar-refractivity contribution in [3.63, 3.8) is 0 Å². The van der Waals surface area contributed by atoms with Gasteiger partial charge in [0.05, 0.1) is 10.9 Å². The molecule has 3 aromatic rings. The fraction of sp³-hybridized carbons (Fsp3) is 0.320. The fourth-order valence-corrected chi connectivity index (χ4v) is 5.72. The van der Waals surface area contributed by atoms with E-state index in [1.165, 1.54) is 4.31 Å². The monoisotopic (exact) mass is 436 g/mol. The third-order valence-corrected chi connectivity index (χ3v) is 8.04. The van der Waals surface area contributed by atoms with E-state index >= 15 is 0 Å². The van der Waals surface area contributed by atoms with E-state index in [0.717, 1.165) is 21.9 Å². The number of carbonyl (C=O) groups excluding carboxylic acids is 1. The van der Waals surface area contributed by atoms with Gasteiger partial charge in [0.25, 0.3) is 0 Å². The van der Waals surface area contributed by atoms with Gasteiger partial charge in [-0.2, -0.15) is 4.31 Å². The first-order chi connectivity index (χ1) is 14.9. The summed E-state index contributed by atoms with van der Waals surface area (Å²) in [5.74, 6) is -0.185. The highest BCUT2D eigenvalue weighted by atomic mass is 32.2. The van der Waals surface area contributed by atoms with Crippen molar-refractivity contribution in [1.82, 2.24) is 9.62 Å². The van der Waals surface area contributed by atoms with Crippen molar-refractivity contribution in [2.75, 3.05) is 13.1 Å². The second kappa shape index (κ2) is 8.81. The van der Waals surface area contributed by atoms with Crippen molar-refractivity contribution < 1.29 is 13.2 Å². The average Bonchev–Trinajstić information content (AvgIpc) is 2.79. The summed E-state index contributed by atoms with van der Waals surface area (Å²) >= 11 is 0. The molecule has 5 nitrogen and oxygen atoms in total. The summed E-state index contributed by atoms with van der Waals surface area (Å²) in [4.78, 5) is 13.2. The highest BCUT2D eigenvalue weighted by molar-refractivity contribution is 7.89. The lowest BCUT2D eigenvalue weighted by Gasteiger charge is -2.31. The predicted molar refractivity (Wildman–Crippen MR) is 123 cm³/mol. The molecular weight excluding hydrogens is 408 g/mol. The zero-order chi connectivity index (χ0) is 22.0. The van der Waals surface area contributed by atoms with Crippen LogP contribution >= 0.6 is 0 Å². The van der Waals surface area contributed by atoms with Crippen molar-refractivity contribution in [1.29, 1.82) is 0 Å². The van der Waals surface area contributed by atoms with Crippen molar-refractivity contribution in [3.8, 4) is 0 Å². The lowest BCUT2D eigenvalue weighted by molar-refractivity contribution is -0.126. The Kier molecular flexibility index (Phi) is 6.12. The maximum absolute atomic E-state index is 12.9. The van der Waals surface area contributed by atoms with Crippen LogP contribution in [0.15, 0.2) is 71.6 Å². The van der Waals surface area contributed by atoms with Gasteiger partial charge in [0.2, 0.25) is 15.9 Å². The zero-order valence-corrected chi connectivity index (χ0v) is 18.7. The third-order valence-electron chi connectivity index (χ3n) is 6.13. The number of rotatable bonds is 5. The van der Waals surface area contributed by atoms with Crippen molar-refractivity contribution in [3.05, 3.63) is 77.9 Å². The van der Waals surface area contributed by atoms with Crippen molar-refractivity contribution in [2.45, 2.75) is 37.6 Å². The number of benzene rings is 3. The smallest absolute Gasteiger partial charge is 0.243 e. The van der Waals surface area contributed by atoms with Crippen LogP contribution in [0.3, 0.4) is 0 Å². The molecule has 1 aliphatic rings. The Labute approximate surface area is 184 Å². The quantitative estimate of drug-likeness (QED) is 0.644. The predicted octanol–water partition coefficient (Wildman–Crippen LogP) is 4.43. The molecule has 3 aromatic carbocycles. The van der Waals surface area contributed by atoms with E-state index < -0.39 is 10.0 Å². The SMILES string of the molecule is Cc1ccc(S(=O)(=O)N2CCC(C(=O)NC(C)c3cccc4ccccc34)CC2)cc1. The van der Waals surface area contributed by atoms with Gasteiger partial charge >= 0.3 is 0 Å².